The minimum absolute atomic E-state index is 0.0348. The lowest BCUT2D eigenvalue weighted by Crippen LogP contribution is -2.44. The van der Waals surface area contributed by atoms with Gasteiger partial charge in [0.1, 0.15) is 18.1 Å². The average molecular weight is 858 g/mol. The molecule has 17 nitrogen and oxygen atoms in total. The molecule has 1 atom stereocenters. The van der Waals surface area contributed by atoms with Gasteiger partial charge in [-0.2, -0.15) is 5.10 Å². The summed E-state index contributed by atoms with van der Waals surface area (Å²) in [6.45, 7) is 4.83. The second kappa shape index (κ2) is 19.1. The summed E-state index contributed by atoms with van der Waals surface area (Å²) >= 11 is 0. The number of imidazole rings is 1. The van der Waals surface area contributed by atoms with Crippen molar-refractivity contribution in [1.82, 2.24) is 44.4 Å². The van der Waals surface area contributed by atoms with E-state index in [0.717, 1.165) is 56.4 Å². The predicted octanol–water partition coefficient (Wildman–Crippen LogP) is 5.05. The molecule has 1 unspecified atom stereocenters. The molecule has 3 fully saturated rings. The summed E-state index contributed by atoms with van der Waals surface area (Å²) in [5, 5.41) is 15.8. The maximum atomic E-state index is 14.1. The highest BCUT2D eigenvalue weighted by atomic mass is 19.3. The normalized spacial score (nSPS) is 19.4. The van der Waals surface area contributed by atoms with Crippen molar-refractivity contribution in [2.24, 2.45) is 18.9 Å². The number of aromatic nitrogens is 6. The van der Waals surface area contributed by atoms with E-state index in [0.29, 0.717) is 61.5 Å². The van der Waals surface area contributed by atoms with Gasteiger partial charge in [-0.05, 0) is 93.7 Å². The minimum Gasteiger partial charge on any atom is -0.444 e. The Morgan fingerprint density at radius 2 is 1.84 bits per heavy atom. The van der Waals surface area contributed by atoms with Crippen molar-refractivity contribution in [2.45, 2.75) is 76.4 Å². The number of nitrogens with zero attached hydrogens (tertiary/aromatic N) is 7. The highest BCUT2D eigenvalue weighted by Crippen LogP contribution is 2.35. The van der Waals surface area contributed by atoms with Gasteiger partial charge in [-0.1, -0.05) is 6.07 Å². The molecular formula is C43H53F2N11O6. The number of hydrogen-bond donors (Lipinski definition) is 4. The van der Waals surface area contributed by atoms with Crippen LogP contribution < -0.4 is 27.0 Å². The molecule has 1 aliphatic heterocycles. The van der Waals surface area contributed by atoms with Crippen LogP contribution >= 0.6 is 0 Å². The number of carbonyl (C=O) groups is 3. The van der Waals surface area contributed by atoms with Crippen molar-refractivity contribution >= 4 is 40.3 Å². The van der Waals surface area contributed by atoms with Crippen LogP contribution in [0, 0.1) is 11.8 Å². The largest absolute Gasteiger partial charge is 0.444 e. The summed E-state index contributed by atoms with van der Waals surface area (Å²) in [6.07, 6.45) is 7.77. The molecular weight excluding hydrogens is 805 g/mol. The molecule has 4 N–H and O–H groups in total. The van der Waals surface area contributed by atoms with Crippen LogP contribution in [-0.4, -0.2) is 97.9 Å². The van der Waals surface area contributed by atoms with Crippen LogP contribution in [-0.2, 0) is 27.9 Å². The number of imide groups is 1. The summed E-state index contributed by atoms with van der Waals surface area (Å²) in [5.41, 5.74) is 2.15. The van der Waals surface area contributed by atoms with Gasteiger partial charge in [0, 0.05) is 64.1 Å². The fraction of sp³-hybridized carbons (Fsp3) is 0.512. The molecule has 62 heavy (non-hydrogen) atoms. The smallest absolute Gasteiger partial charge is 0.329 e. The number of likely N-dealkylation sites (N-methyl/N-ethyl adjacent to an activating group) is 1. The van der Waals surface area contributed by atoms with E-state index in [1.54, 1.807) is 30.1 Å². The minimum atomic E-state index is -2.87. The third kappa shape index (κ3) is 10.1. The molecule has 3 amide bonds. The standard InChI is InChI=1S/C43H53F2N11O6/c1-53(16-18-61-17-15-46-21-28-7-10-33-35(19-28)54(2)43(60)56(33)34-11-12-37(57)51-41(34)59)23-27-5-8-30(9-6-27)55-24-31(38(52-55)39(44)45)49-40(58)32-25-62-42(50-32)29-13-14-47-36(20-29)48-22-26-3-4-26/h7,10,13-14,19-20,24-27,30,34,39,46H,3-6,8-9,11-12,15-18,21-23H2,1-2H3,(H,47,48)(H,49,58)(H,51,57,59)/t27-,30-,34?. The number of amides is 3. The number of fused-ring (bicyclic) bond motifs is 1. The van der Waals surface area contributed by atoms with E-state index in [9.17, 15) is 28.0 Å². The molecule has 0 spiro atoms. The summed E-state index contributed by atoms with van der Waals surface area (Å²) in [5.74, 6) is 0.586. The second-order valence-corrected chi connectivity index (χ2v) is 16.7. The van der Waals surface area contributed by atoms with E-state index in [2.05, 4.69) is 48.3 Å². The van der Waals surface area contributed by atoms with Crippen LogP contribution in [0.4, 0.5) is 20.3 Å². The molecule has 5 heterocycles. The number of ether oxygens (including phenoxy) is 1. The summed E-state index contributed by atoms with van der Waals surface area (Å²) in [6, 6.07) is 8.46. The van der Waals surface area contributed by atoms with E-state index in [4.69, 9.17) is 9.15 Å². The van der Waals surface area contributed by atoms with E-state index < -0.39 is 30.0 Å². The number of pyridine rings is 1. The van der Waals surface area contributed by atoms with Crippen LogP contribution in [0.25, 0.3) is 22.5 Å². The molecule has 19 heteroatoms. The SMILES string of the molecule is CN(CCOCCNCc1ccc2c(c1)n(C)c(=O)n2C1CCC(=O)NC1=O)C[C@H]1CC[C@H](n2cc(NC(=O)c3coc(-c4ccnc(NCC5CC5)c4)n3)c(C(F)F)n2)CC1. The molecule has 1 saturated heterocycles. The molecule has 5 aromatic rings. The number of carbonyl (C=O) groups excluding carboxylic acids is 3. The maximum Gasteiger partial charge on any atom is 0.329 e. The van der Waals surface area contributed by atoms with E-state index >= 15 is 0 Å². The number of anilines is 2. The number of rotatable bonds is 19. The van der Waals surface area contributed by atoms with Gasteiger partial charge in [-0.3, -0.25) is 33.5 Å². The number of alkyl halides is 2. The lowest BCUT2D eigenvalue weighted by atomic mass is 9.86. The second-order valence-electron chi connectivity index (χ2n) is 16.7. The fourth-order valence-corrected chi connectivity index (χ4v) is 8.35. The third-order valence-corrected chi connectivity index (χ3v) is 12.0. The zero-order valence-electron chi connectivity index (χ0n) is 34.9. The first-order valence-corrected chi connectivity index (χ1v) is 21.4. The number of hydrogen-bond acceptors (Lipinski definition) is 12. The van der Waals surface area contributed by atoms with Crippen molar-refractivity contribution in [2.75, 3.05) is 57.1 Å². The number of aryl methyl sites for hydroxylation is 1. The highest BCUT2D eigenvalue weighted by molar-refractivity contribution is 6.03. The molecule has 0 radical (unpaired) electrons. The summed E-state index contributed by atoms with van der Waals surface area (Å²) in [7, 11) is 3.75. The molecule has 8 rings (SSSR count). The van der Waals surface area contributed by atoms with Gasteiger partial charge >= 0.3 is 5.69 Å². The van der Waals surface area contributed by atoms with Crippen LogP contribution in [0.5, 0.6) is 0 Å². The Labute approximate surface area is 356 Å². The zero-order valence-corrected chi connectivity index (χ0v) is 34.9. The quantitative estimate of drug-likeness (QED) is 0.0639. The maximum absolute atomic E-state index is 14.1. The average Bonchev–Trinajstić information content (AvgIpc) is 3.68. The molecule has 4 aromatic heterocycles. The molecule has 2 saturated carbocycles. The lowest BCUT2D eigenvalue weighted by molar-refractivity contribution is -0.135. The van der Waals surface area contributed by atoms with Gasteiger partial charge in [0.15, 0.2) is 11.4 Å². The summed E-state index contributed by atoms with van der Waals surface area (Å²) in [4.78, 5) is 61.2. The molecule has 2 aliphatic carbocycles. The van der Waals surface area contributed by atoms with Gasteiger partial charge < -0.3 is 30.0 Å². The number of halogens is 2. The monoisotopic (exact) mass is 857 g/mol. The third-order valence-electron chi connectivity index (χ3n) is 12.0. The Morgan fingerprint density at radius 3 is 2.61 bits per heavy atom. The van der Waals surface area contributed by atoms with Gasteiger partial charge in [-0.15, -0.1) is 0 Å². The van der Waals surface area contributed by atoms with Crippen LogP contribution in [0.2, 0.25) is 0 Å². The molecule has 0 bridgehead atoms. The van der Waals surface area contributed by atoms with Gasteiger partial charge in [0.2, 0.25) is 17.7 Å². The molecule has 1 aromatic carbocycles. The van der Waals surface area contributed by atoms with Crippen molar-refractivity contribution in [3.63, 3.8) is 0 Å². The Morgan fingerprint density at radius 1 is 1.03 bits per heavy atom. The van der Waals surface area contributed by atoms with Crippen LogP contribution in [0.3, 0.4) is 0 Å². The first kappa shape index (κ1) is 42.9. The number of oxazole rings is 1. The first-order chi connectivity index (χ1) is 30.0. The van der Waals surface area contributed by atoms with Gasteiger partial charge in [0.05, 0.1) is 36.0 Å². The Hall–Kier alpha value is -5.79. The predicted molar refractivity (Wildman–Crippen MR) is 226 cm³/mol. The Balaban J connectivity index is 0.740. The first-order valence-electron chi connectivity index (χ1n) is 21.4. The number of benzene rings is 1. The van der Waals surface area contributed by atoms with Gasteiger partial charge in [-0.25, -0.2) is 23.5 Å². The molecule has 330 valence electrons. The van der Waals surface area contributed by atoms with E-state index in [1.165, 1.54) is 34.4 Å². The van der Waals surface area contributed by atoms with Gasteiger partial charge in [0.25, 0.3) is 12.3 Å². The van der Waals surface area contributed by atoms with Crippen molar-refractivity contribution in [3.8, 4) is 11.5 Å². The fourth-order valence-electron chi connectivity index (χ4n) is 8.35. The van der Waals surface area contributed by atoms with Crippen molar-refractivity contribution < 1.29 is 32.3 Å². The topological polar surface area (TPSA) is 195 Å². The summed E-state index contributed by atoms with van der Waals surface area (Å²) < 4.78 is 44.3. The Kier molecular flexibility index (Phi) is 13.2. The number of nitrogens with one attached hydrogen (secondary N) is 4. The highest BCUT2D eigenvalue weighted by Gasteiger charge is 2.32. The van der Waals surface area contributed by atoms with E-state index in [1.807, 2.05) is 18.2 Å². The van der Waals surface area contributed by atoms with Crippen LogP contribution in [0.15, 0.2) is 58.2 Å². The molecule has 3 aliphatic rings. The Bertz CT molecular complexity index is 2450. The zero-order chi connectivity index (χ0) is 43.3. The van der Waals surface area contributed by atoms with E-state index in [-0.39, 0.29) is 41.3 Å². The lowest BCUT2D eigenvalue weighted by Gasteiger charge is -2.31. The number of piperidine rings is 1. The van der Waals surface area contributed by atoms with Crippen LogP contribution in [0.1, 0.15) is 91.6 Å². The van der Waals surface area contributed by atoms with Crippen molar-refractivity contribution in [3.05, 3.63) is 76.4 Å². The van der Waals surface area contributed by atoms with Crippen molar-refractivity contribution in [1.29, 1.82) is 0 Å².